The van der Waals surface area contributed by atoms with Gasteiger partial charge in [0.15, 0.2) is 0 Å². The van der Waals surface area contributed by atoms with Gasteiger partial charge in [-0.3, -0.25) is 0 Å². The Kier molecular flexibility index (Phi) is 4.90. The summed E-state index contributed by atoms with van der Waals surface area (Å²) in [7, 11) is 0. The molecule has 2 nitrogen and oxygen atoms in total. The van der Waals surface area contributed by atoms with Crippen molar-refractivity contribution in [3.8, 4) is 0 Å². The molecule has 1 aliphatic carbocycles. The molecule has 1 aromatic carbocycles. The van der Waals surface area contributed by atoms with Crippen molar-refractivity contribution in [3.63, 3.8) is 0 Å². The summed E-state index contributed by atoms with van der Waals surface area (Å²) in [6.45, 7) is 1.17. The summed E-state index contributed by atoms with van der Waals surface area (Å²) in [5.41, 5.74) is 1.28. The topological polar surface area (TPSA) is 24.1 Å². The third kappa shape index (κ3) is 2.99. The lowest BCUT2D eigenvalue weighted by molar-refractivity contribution is 0.194. The van der Waals surface area contributed by atoms with E-state index in [0.717, 1.165) is 12.0 Å². The maximum atomic E-state index is 3.74. The Hall–Kier alpha value is -0.730. The lowest BCUT2D eigenvalue weighted by atomic mass is 9.76. The standard InChI is InChI=1S/C15H22N2.ClH/c1-2-6-12(7-3-1)17-15-10-11-16-14-9-5-4-8-13(14)15;/h1-3,6-7,13-17H,4-5,8-11H2;1H/t13-,14?,15+;/m1./s1. The zero-order valence-corrected chi connectivity index (χ0v) is 11.6. The van der Waals surface area contributed by atoms with E-state index in [-0.39, 0.29) is 12.4 Å². The lowest BCUT2D eigenvalue weighted by Crippen LogP contribution is -2.52. The molecule has 18 heavy (non-hydrogen) atoms. The first-order chi connectivity index (χ1) is 8.43. The Bertz CT molecular complexity index is 353. The molecule has 0 radical (unpaired) electrons. The van der Waals surface area contributed by atoms with Crippen LogP contribution >= 0.6 is 12.4 Å². The molecule has 3 heteroatoms. The Labute approximate surface area is 116 Å². The molecule has 2 fully saturated rings. The van der Waals surface area contributed by atoms with E-state index in [1.807, 2.05) is 0 Å². The summed E-state index contributed by atoms with van der Waals surface area (Å²) in [6.07, 6.45) is 6.85. The molecule has 1 heterocycles. The first-order valence-electron chi connectivity index (χ1n) is 6.98. The summed E-state index contributed by atoms with van der Waals surface area (Å²) in [5.74, 6) is 0.831. The number of halogens is 1. The molecule has 1 saturated carbocycles. The Morgan fingerprint density at radius 3 is 2.61 bits per heavy atom. The van der Waals surface area contributed by atoms with E-state index in [9.17, 15) is 0 Å². The van der Waals surface area contributed by atoms with Gasteiger partial charge in [0.05, 0.1) is 0 Å². The summed E-state index contributed by atoms with van der Waals surface area (Å²) < 4.78 is 0. The number of hydrogen-bond donors (Lipinski definition) is 2. The van der Waals surface area contributed by atoms with Crippen molar-refractivity contribution >= 4 is 18.1 Å². The molecule has 3 atom stereocenters. The summed E-state index contributed by atoms with van der Waals surface area (Å²) >= 11 is 0. The summed E-state index contributed by atoms with van der Waals surface area (Å²) in [6, 6.07) is 12.1. The van der Waals surface area contributed by atoms with E-state index in [1.54, 1.807) is 0 Å². The number of fused-ring (bicyclic) bond motifs is 1. The van der Waals surface area contributed by atoms with Gasteiger partial charge in [-0.2, -0.15) is 0 Å². The number of nitrogens with one attached hydrogen (secondary N) is 2. The maximum Gasteiger partial charge on any atom is 0.0342 e. The van der Waals surface area contributed by atoms with Crippen molar-refractivity contribution in [2.24, 2.45) is 5.92 Å². The average Bonchev–Trinajstić information content (AvgIpc) is 2.40. The number of benzene rings is 1. The largest absolute Gasteiger partial charge is 0.382 e. The van der Waals surface area contributed by atoms with E-state index >= 15 is 0 Å². The zero-order valence-electron chi connectivity index (χ0n) is 10.8. The monoisotopic (exact) mass is 266 g/mol. The van der Waals surface area contributed by atoms with Crippen LogP contribution in [0.1, 0.15) is 32.1 Å². The maximum absolute atomic E-state index is 3.74. The molecule has 0 bridgehead atoms. The fourth-order valence-corrected chi connectivity index (χ4v) is 3.46. The summed E-state index contributed by atoms with van der Waals surface area (Å²) in [5, 5.41) is 7.44. The number of piperidine rings is 1. The van der Waals surface area contributed by atoms with Crippen LogP contribution < -0.4 is 10.6 Å². The average molecular weight is 267 g/mol. The van der Waals surface area contributed by atoms with Crippen LogP contribution in [0.15, 0.2) is 30.3 Å². The minimum atomic E-state index is 0. The lowest BCUT2D eigenvalue weighted by Gasteiger charge is -2.42. The molecule has 0 amide bonds. The van der Waals surface area contributed by atoms with E-state index < -0.39 is 0 Å². The highest BCUT2D eigenvalue weighted by Crippen LogP contribution is 2.32. The molecule has 1 aliphatic heterocycles. The normalized spacial score (nSPS) is 31.0. The summed E-state index contributed by atoms with van der Waals surface area (Å²) in [4.78, 5) is 0. The second-order valence-corrected chi connectivity index (χ2v) is 5.41. The minimum absolute atomic E-state index is 0. The van der Waals surface area contributed by atoms with Crippen LogP contribution in [0.5, 0.6) is 0 Å². The zero-order chi connectivity index (χ0) is 11.5. The van der Waals surface area contributed by atoms with Crippen LogP contribution in [-0.2, 0) is 0 Å². The molecule has 2 aliphatic rings. The Balaban J connectivity index is 0.00000120. The van der Waals surface area contributed by atoms with Gasteiger partial charge in [-0.25, -0.2) is 0 Å². The predicted molar refractivity (Wildman–Crippen MR) is 79.5 cm³/mol. The van der Waals surface area contributed by atoms with Gasteiger partial charge in [0.25, 0.3) is 0 Å². The molecule has 0 aromatic heterocycles. The Morgan fingerprint density at radius 1 is 1.00 bits per heavy atom. The van der Waals surface area contributed by atoms with E-state index in [1.165, 1.54) is 44.3 Å². The number of para-hydroxylation sites is 1. The highest BCUT2D eigenvalue weighted by Gasteiger charge is 2.34. The van der Waals surface area contributed by atoms with Gasteiger partial charge >= 0.3 is 0 Å². The SMILES string of the molecule is Cl.c1ccc(N[C@H]2CCNC3CCCC[C@H]32)cc1. The molecule has 0 spiro atoms. The fourth-order valence-electron chi connectivity index (χ4n) is 3.46. The van der Waals surface area contributed by atoms with Crippen LogP contribution in [0.3, 0.4) is 0 Å². The smallest absolute Gasteiger partial charge is 0.0342 e. The predicted octanol–water partition coefficient (Wildman–Crippen LogP) is 3.44. The van der Waals surface area contributed by atoms with Gasteiger partial charge in [-0.1, -0.05) is 31.0 Å². The van der Waals surface area contributed by atoms with Crippen molar-refractivity contribution in [3.05, 3.63) is 30.3 Å². The molecule has 3 rings (SSSR count). The van der Waals surface area contributed by atoms with Crippen molar-refractivity contribution < 1.29 is 0 Å². The highest BCUT2D eigenvalue weighted by molar-refractivity contribution is 5.85. The molecule has 1 aromatic rings. The van der Waals surface area contributed by atoms with Gasteiger partial charge < -0.3 is 10.6 Å². The van der Waals surface area contributed by atoms with Crippen molar-refractivity contribution in [2.75, 3.05) is 11.9 Å². The molecule has 100 valence electrons. The number of rotatable bonds is 2. The van der Waals surface area contributed by atoms with Crippen LogP contribution in [0.4, 0.5) is 5.69 Å². The number of anilines is 1. The molecular formula is C15H23ClN2. The first kappa shape index (κ1) is 13.7. The van der Waals surface area contributed by atoms with Gasteiger partial charge in [0, 0.05) is 17.8 Å². The molecule has 2 N–H and O–H groups in total. The van der Waals surface area contributed by atoms with Gasteiger partial charge in [-0.15, -0.1) is 12.4 Å². The van der Waals surface area contributed by atoms with Crippen LogP contribution in [0, 0.1) is 5.92 Å². The molecular weight excluding hydrogens is 244 g/mol. The van der Waals surface area contributed by atoms with Crippen molar-refractivity contribution in [1.82, 2.24) is 5.32 Å². The molecule has 1 unspecified atom stereocenters. The second kappa shape index (κ2) is 6.44. The fraction of sp³-hybridized carbons (Fsp3) is 0.600. The van der Waals surface area contributed by atoms with Crippen molar-refractivity contribution in [2.45, 2.75) is 44.2 Å². The van der Waals surface area contributed by atoms with Crippen LogP contribution in [0.25, 0.3) is 0 Å². The molecule has 1 saturated heterocycles. The van der Waals surface area contributed by atoms with E-state index in [4.69, 9.17) is 0 Å². The van der Waals surface area contributed by atoms with Gasteiger partial charge in [0.2, 0.25) is 0 Å². The van der Waals surface area contributed by atoms with Gasteiger partial charge in [0.1, 0.15) is 0 Å². The van der Waals surface area contributed by atoms with Crippen molar-refractivity contribution in [1.29, 1.82) is 0 Å². The van der Waals surface area contributed by atoms with Crippen LogP contribution in [0.2, 0.25) is 0 Å². The second-order valence-electron chi connectivity index (χ2n) is 5.41. The van der Waals surface area contributed by atoms with E-state index in [0.29, 0.717) is 6.04 Å². The minimum Gasteiger partial charge on any atom is -0.382 e. The Morgan fingerprint density at radius 2 is 1.78 bits per heavy atom. The third-order valence-corrected chi connectivity index (χ3v) is 4.32. The number of hydrogen-bond acceptors (Lipinski definition) is 2. The highest BCUT2D eigenvalue weighted by atomic mass is 35.5. The van der Waals surface area contributed by atoms with E-state index in [2.05, 4.69) is 41.0 Å². The third-order valence-electron chi connectivity index (χ3n) is 4.32. The van der Waals surface area contributed by atoms with Gasteiger partial charge in [-0.05, 0) is 43.9 Å². The van der Waals surface area contributed by atoms with Crippen LogP contribution in [-0.4, -0.2) is 18.6 Å². The first-order valence-corrected chi connectivity index (χ1v) is 6.98. The quantitative estimate of drug-likeness (QED) is 0.857.